The second kappa shape index (κ2) is 20.4. The van der Waals surface area contributed by atoms with E-state index in [9.17, 15) is 0 Å². The number of rotatable bonds is 16. The van der Waals surface area contributed by atoms with Gasteiger partial charge in [-0.3, -0.25) is 0 Å². The van der Waals surface area contributed by atoms with Crippen molar-refractivity contribution in [3.05, 3.63) is 24.6 Å². The van der Waals surface area contributed by atoms with Crippen LogP contribution in [0.2, 0.25) is 38.3 Å². The molecule has 1 atom stereocenters. The van der Waals surface area contributed by atoms with Gasteiger partial charge in [-0.25, -0.2) is 0 Å². The van der Waals surface area contributed by atoms with Crippen LogP contribution in [-0.4, -0.2) is 47.4 Å². The van der Waals surface area contributed by atoms with Crippen molar-refractivity contribution < 1.29 is 14.6 Å². The summed E-state index contributed by atoms with van der Waals surface area (Å²) in [7, 11) is -2.10. The van der Waals surface area contributed by atoms with E-state index in [4.69, 9.17) is 14.6 Å². The molecule has 0 aromatic carbocycles. The second-order valence-corrected chi connectivity index (χ2v) is 19.9. The zero-order valence-electron chi connectivity index (χ0n) is 20.7. The molecule has 1 rings (SSSR count). The molecule has 1 heterocycles. The highest BCUT2D eigenvalue weighted by atomic mass is 28.3. The topological polar surface area (TPSA) is 38.7 Å². The Balaban J connectivity index is 0. The van der Waals surface area contributed by atoms with E-state index in [-0.39, 0.29) is 13.7 Å². The van der Waals surface area contributed by atoms with E-state index in [1.807, 2.05) is 0 Å². The van der Waals surface area contributed by atoms with Crippen molar-refractivity contribution in [3.63, 3.8) is 0 Å². The highest BCUT2D eigenvalue weighted by molar-refractivity contribution is 6.82. The van der Waals surface area contributed by atoms with Crippen LogP contribution in [0.25, 0.3) is 0 Å². The van der Waals surface area contributed by atoms with Gasteiger partial charge in [-0.05, 0) is 32.1 Å². The first kappa shape index (κ1) is 33.0. The second-order valence-electron chi connectivity index (χ2n) is 10.1. The molecule has 0 aliphatic carbocycles. The molecule has 0 amide bonds. The van der Waals surface area contributed by atoms with E-state index >= 15 is 0 Å². The first-order valence-corrected chi connectivity index (χ1v) is 18.9. The van der Waals surface area contributed by atoms with Gasteiger partial charge in [0.25, 0.3) is 0 Å². The van der Waals surface area contributed by atoms with Gasteiger partial charge in [0.1, 0.15) is 0 Å². The predicted octanol–water partition coefficient (Wildman–Crippen LogP) is 8.13. The molecule has 0 spiro atoms. The maximum absolute atomic E-state index is 8.56. The maximum Gasteiger partial charge on any atom is 0.157 e. The van der Waals surface area contributed by atoms with Gasteiger partial charge in [0.2, 0.25) is 0 Å². The quantitative estimate of drug-likeness (QED) is 0.182. The minimum absolute atomic E-state index is 0. The Kier molecular flexibility index (Phi) is 21.7. The van der Waals surface area contributed by atoms with Crippen molar-refractivity contribution in [2.24, 2.45) is 0 Å². The first-order chi connectivity index (χ1) is 14.3. The van der Waals surface area contributed by atoms with Crippen LogP contribution in [0.15, 0.2) is 24.6 Å². The lowest BCUT2D eigenvalue weighted by Gasteiger charge is -2.22. The minimum Gasteiger partial charge on any atom is -0.396 e. The van der Waals surface area contributed by atoms with Crippen LogP contribution in [0.1, 0.15) is 78.1 Å². The Labute approximate surface area is 197 Å². The van der Waals surface area contributed by atoms with Crippen molar-refractivity contribution in [2.75, 3.05) is 19.8 Å². The number of hydrogen-bond donors (Lipinski definition) is 1. The Hall–Kier alpha value is -0.206. The molecule has 1 aliphatic rings. The lowest BCUT2D eigenvalue weighted by Crippen LogP contribution is -2.22. The third-order valence-corrected chi connectivity index (χ3v) is 11.5. The standard InChI is InChI=1S/C15H30O2Si.C10H22OSi.CH4/c1-4-18(2,3)14-10-6-5-8-12-16-15-11-7-9-13-17-15;1-4-12(2,3)10-8-6-5-7-9-11;/h4,15H,1,5-14H2,2-3H3;4,11H,1,5-10H2,2-3H3;1H4. The highest BCUT2D eigenvalue weighted by Gasteiger charge is 2.15. The van der Waals surface area contributed by atoms with Gasteiger partial charge in [-0.15, -0.1) is 24.6 Å². The van der Waals surface area contributed by atoms with E-state index in [1.165, 1.54) is 69.9 Å². The molecule has 0 saturated carbocycles. The third-order valence-electron chi connectivity index (χ3n) is 5.99. The Bertz CT molecular complexity index is 419. The molecule has 0 bridgehead atoms. The number of aliphatic hydroxyl groups excluding tert-OH is 1. The predicted molar refractivity (Wildman–Crippen MR) is 145 cm³/mol. The molecule has 186 valence electrons. The molecule has 1 aliphatic heterocycles. The normalized spacial score (nSPS) is 16.6. The lowest BCUT2D eigenvalue weighted by molar-refractivity contribution is -0.162. The maximum atomic E-state index is 8.56. The Morgan fingerprint density at radius 1 is 0.839 bits per heavy atom. The fourth-order valence-electron chi connectivity index (χ4n) is 3.34. The Morgan fingerprint density at radius 2 is 1.35 bits per heavy atom. The van der Waals surface area contributed by atoms with Crippen LogP contribution < -0.4 is 0 Å². The molecular formula is C26H56O3Si2. The average Bonchev–Trinajstić information content (AvgIpc) is 2.74. The van der Waals surface area contributed by atoms with E-state index < -0.39 is 16.1 Å². The number of ether oxygens (including phenoxy) is 2. The SMILES string of the molecule is C.C=C[Si](C)(C)CCCCCCO.C=C[Si](C)(C)CCCCCCOC1CCCCO1. The molecule has 0 aromatic rings. The number of aliphatic hydroxyl groups is 1. The van der Waals surface area contributed by atoms with Gasteiger partial charge < -0.3 is 14.6 Å². The largest absolute Gasteiger partial charge is 0.396 e. The molecule has 0 radical (unpaired) electrons. The van der Waals surface area contributed by atoms with Gasteiger partial charge >= 0.3 is 0 Å². The van der Waals surface area contributed by atoms with Gasteiger partial charge in [-0.1, -0.05) is 84.2 Å². The van der Waals surface area contributed by atoms with Gasteiger partial charge in [-0.2, -0.15) is 0 Å². The van der Waals surface area contributed by atoms with Gasteiger partial charge in [0.15, 0.2) is 6.29 Å². The fourth-order valence-corrected chi connectivity index (χ4v) is 6.07. The molecule has 1 unspecified atom stereocenters. The van der Waals surface area contributed by atoms with Crippen LogP contribution in [0.4, 0.5) is 0 Å². The molecule has 3 nitrogen and oxygen atoms in total. The van der Waals surface area contributed by atoms with Crippen LogP contribution in [-0.2, 0) is 9.47 Å². The summed E-state index contributed by atoms with van der Waals surface area (Å²) in [5, 5.41) is 8.56. The minimum atomic E-state index is -1.06. The van der Waals surface area contributed by atoms with Gasteiger partial charge in [0.05, 0.1) is 16.1 Å². The zero-order chi connectivity index (χ0) is 22.7. The summed E-state index contributed by atoms with van der Waals surface area (Å²) in [5.41, 5.74) is 4.37. The van der Waals surface area contributed by atoms with Crippen molar-refractivity contribution in [3.8, 4) is 0 Å². The first-order valence-electron chi connectivity index (χ1n) is 12.4. The molecular weight excluding hydrogens is 416 g/mol. The molecule has 31 heavy (non-hydrogen) atoms. The monoisotopic (exact) mass is 472 g/mol. The Morgan fingerprint density at radius 3 is 1.81 bits per heavy atom. The summed E-state index contributed by atoms with van der Waals surface area (Å²) in [6, 6.07) is 2.73. The van der Waals surface area contributed by atoms with Crippen molar-refractivity contribution in [1.29, 1.82) is 0 Å². The third kappa shape index (κ3) is 21.4. The number of hydrogen-bond acceptors (Lipinski definition) is 3. The molecule has 1 N–H and O–H groups in total. The van der Waals surface area contributed by atoms with Crippen LogP contribution >= 0.6 is 0 Å². The van der Waals surface area contributed by atoms with Crippen LogP contribution in [0.5, 0.6) is 0 Å². The smallest absolute Gasteiger partial charge is 0.157 e. The van der Waals surface area contributed by atoms with Gasteiger partial charge in [0, 0.05) is 19.8 Å². The molecule has 5 heteroatoms. The van der Waals surface area contributed by atoms with E-state index in [2.05, 4.69) is 50.7 Å². The molecule has 1 saturated heterocycles. The number of unbranched alkanes of at least 4 members (excludes halogenated alkanes) is 6. The summed E-state index contributed by atoms with van der Waals surface area (Å²) < 4.78 is 11.3. The van der Waals surface area contributed by atoms with Crippen molar-refractivity contribution in [1.82, 2.24) is 0 Å². The lowest BCUT2D eigenvalue weighted by atomic mass is 10.2. The average molecular weight is 473 g/mol. The summed E-state index contributed by atoms with van der Waals surface area (Å²) in [4.78, 5) is 0. The zero-order valence-corrected chi connectivity index (χ0v) is 22.7. The summed E-state index contributed by atoms with van der Waals surface area (Å²) in [5.74, 6) is 0. The van der Waals surface area contributed by atoms with Crippen LogP contribution in [0, 0.1) is 0 Å². The van der Waals surface area contributed by atoms with E-state index in [1.54, 1.807) is 0 Å². The van der Waals surface area contributed by atoms with Crippen LogP contribution in [0.3, 0.4) is 0 Å². The van der Waals surface area contributed by atoms with Crippen molar-refractivity contribution in [2.45, 2.75) is 123 Å². The summed E-state index contributed by atoms with van der Waals surface area (Å²) in [6.45, 7) is 19.4. The molecule has 0 aromatic heterocycles. The van der Waals surface area contributed by atoms with E-state index in [0.29, 0.717) is 6.61 Å². The fraction of sp³-hybridized carbons (Fsp3) is 0.846. The molecule has 1 fully saturated rings. The summed E-state index contributed by atoms with van der Waals surface area (Å²) >= 11 is 0. The summed E-state index contributed by atoms with van der Waals surface area (Å²) in [6.07, 6.45) is 13.5. The van der Waals surface area contributed by atoms with Crippen molar-refractivity contribution >= 4 is 16.1 Å². The highest BCUT2D eigenvalue weighted by Crippen LogP contribution is 2.17. The van der Waals surface area contributed by atoms with E-state index in [0.717, 1.165) is 26.1 Å².